The number of benzene rings is 1. The zero-order valence-electron chi connectivity index (χ0n) is 19.6. The number of para-hydroxylation sites is 1. The first kappa shape index (κ1) is 24.4. The Morgan fingerprint density at radius 1 is 1.22 bits per heavy atom. The van der Waals surface area contributed by atoms with E-state index in [1.165, 1.54) is 12.8 Å². The van der Waals surface area contributed by atoms with Gasteiger partial charge in [-0.3, -0.25) is 4.79 Å². The van der Waals surface area contributed by atoms with Crippen LogP contribution in [-0.4, -0.2) is 24.2 Å². The third-order valence-electron chi connectivity index (χ3n) is 5.54. The molecule has 0 aromatic heterocycles. The Bertz CT molecular complexity index is 877. The van der Waals surface area contributed by atoms with Crippen molar-refractivity contribution >= 4 is 17.6 Å². The largest absolute Gasteiger partial charge is 0.490 e. The molecule has 1 fully saturated rings. The van der Waals surface area contributed by atoms with Gasteiger partial charge in [0.05, 0.1) is 6.42 Å². The predicted octanol–water partition coefficient (Wildman–Crippen LogP) is 6.45. The summed E-state index contributed by atoms with van der Waals surface area (Å²) in [7, 11) is 0. The van der Waals surface area contributed by atoms with Crippen LogP contribution >= 0.6 is 11.6 Å². The van der Waals surface area contributed by atoms with Gasteiger partial charge in [-0.25, -0.2) is 0 Å². The van der Waals surface area contributed by atoms with Crippen molar-refractivity contribution in [1.82, 2.24) is 5.32 Å². The van der Waals surface area contributed by atoms with Crippen molar-refractivity contribution in [2.75, 3.05) is 6.54 Å². The molecule has 1 N–H and O–H groups in total. The highest BCUT2D eigenvalue weighted by molar-refractivity contribution is 6.31. The van der Waals surface area contributed by atoms with Gasteiger partial charge >= 0.3 is 5.97 Å². The molecule has 1 aromatic rings. The molecule has 1 atom stereocenters. The van der Waals surface area contributed by atoms with Crippen molar-refractivity contribution in [3.8, 4) is 5.75 Å². The summed E-state index contributed by atoms with van der Waals surface area (Å²) in [5.74, 6) is 1.27. The zero-order valence-corrected chi connectivity index (χ0v) is 20.3. The molecule has 3 rings (SSSR count). The Labute approximate surface area is 197 Å². The highest BCUT2D eigenvalue weighted by Crippen LogP contribution is 2.30. The summed E-state index contributed by atoms with van der Waals surface area (Å²) in [5.41, 5.74) is 2.47. The number of rotatable bonds is 7. The topological polar surface area (TPSA) is 47.6 Å². The molecule has 0 spiro atoms. The molecule has 1 saturated carbocycles. The van der Waals surface area contributed by atoms with Crippen molar-refractivity contribution in [1.29, 1.82) is 0 Å². The van der Waals surface area contributed by atoms with Crippen LogP contribution in [0.4, 0.5) is 0 Å². The molecule has 0 bridgehead atoms. The lowest BCUT2D eigenvalue weighted by molar-refractivity contribution is -0.153. The van der Waals surface area contributed by atoms with E-state index in [4.69, 9.17) is 21.1 Å². The molecular formula is C27H36ClNO3. The molecule has 0 amide bonds. The third-order valence-corrected chi connectivity index (χ3v) is 5.81. The number of nitrogens with one attached hydrogen (secondary N) is 1. The predicted molar refractivity (Wildman–Crippen MR) is 131 cm³/mol. The first-order valence-electron chi connectivity index (χ1n) is 11.7. The summed E-state index contributed by atoms with van der Waals surface area (Å²) in [6.07, 6.45) is 10.3. The maximum Gasteiger partial charge on any atom is 0.310 e. The quantitative estimate of drug-likeness (QED) is 0.477. The minimum absolute atomic E-state index is 0.0225. The zero-order chi connectivity index (χ0) is 23.1. The summed E-state index contributed by atoms with van der Waals surface area (Å²) in [5, 5.41) is 4.23. The maximum absolute atomic E-state index is 12.3. The Morgan fingerprint density at radius 3 is 2.69 bits per heavy atom. The van der Waals surface area contributed by atoms with Crippen LogP contribution in [0.15, 0.2) is 59.3 Å². The standard InChI is InChI=1S/C27H36ClNO3/c1-19-8-7-10-23(15-14-22(28)17-24(19)29-18-20-12-13-20)31-25-11-6-5-9-21(25)16-26(30)32-27(2,3)4/h5-6,9,11,14,17,20,23,29H,1,7-8,10,12-13,15-16,18H2,2-4H3/b22-14+,24-17?. The minimum atomic E-state index is -0.507. The van der Waals surface area contributed by atoms with E-state index in [2.05, 4.69) is 11.9 Å². The van der Waals surface area contributed by atoms with Gasteiger partial charge in [0.15, 0.2) is 0 Å². The minimum Gasteiger partial charge on any atom is -0.490 e. The second-order valence-corrected chi connectivity index (χ2v) is 10.3. The van der Waals surface area contributed by atoms with E-state index in [-0.39, 0.29) is 18.5 Å². The van der Waals surface area contributed by atoms with Crippen LogP contribution in [0.3, 0.4) is 0 Å². The molecule has 1 aromatic carbocycles. The monoisotopic (exact) mass is 457 g/mol. The molecule has 0 heterocycles. The number of carbonyl (C=O) groups is 1. The Morgan fingerprint density at radius 2 is 1.97 bits per heavy atom. The molecular weight excluding hydrogens is 422 g/mol. The second kappa shape index (κ2) is 11.1. The van der Waals surface area contributed by atoms with E-state index in [0.29, 0.717) is 11.5 Å². The Balaban J connectivity index is 1.67. The van der Waals surface area contributed by atoms with E-state index < -0.39 is 5.60 Å². The van der Waals surface area contributed by atoms with Crippen molar-refractivity contribution in [3.63, 3.8) is 0 Å². The summed E-state index contributed by atoms with van der Waals surface area (Å²) in [4.78, 5) is 12.3. The molecule has 2 aliphatic rings. The average molecular weight is 458 g/mol. The number of carbonyl (C=O) groups excluding carboxylic acids is 1. The van der Waals surface area contributed by atoms with Crippen LogP contribution in [0.2, 0.25) is 0 Å². The average Bonchev–Trinajstić information content (AvgIpc) is 3.53. The summed E-state index contributed by atoms with van der Waals surface area (Å²) in [6, 6.07) is 7.69. The van der Waals surface area contributed by atoms with Gasteiger partial charge in [0.25, 0.3) is 0 Å². The first-order valence-corrected chi connectivity index (χ1v) is 12.0. The maximum atomic E-state index is 12.3. The lowest BCUT2D eigenvalue weighted by atomic mass is 10.0. The molecule has 174 valence electrons. The van der Waals surface area contributed by atoms with E-state index in [1.54, 1.807) is 0 Å². The van der Waals surface area contributed by atoms with Crippen molar-refractivity contribution in [3.05, 3.63) is 64.9 Å². The number of hydrogen-bond acceptors (Lipinski definition) is 4. The van der Waals surface area contributed by atoms with Gasteiger partial charge in [-0.2, -0.15) is 0 Å². The highest BCUT2D eigenvalue weighted by atomic mass is 35.5. The van der Waals surface area contributed by atoms with E-state index in [9.17, 15) is 4.79 Å². The lowest BCUT2D eigenvalue weighted by Gasteiger charge is -2.23. The first-order chi connectivity index (χ1) is 15.2. The summed E-state index contributed by atoms with van der Waals surface area (Å²) < 4.78 is 11.9. The molecule has 0 radical (unpaired) electrons. The highest BCUT2D eigenvalue weighted by Gasteiger charge is 2.22. The molecule has 5 heteroatoms. The molecule has 1 unspecified atom stereocenters. The number of ether oxygens (including phenoxy) is 2. The Kier molecular flexibility index (Phi) is 8.47. The van der Waals surface area contributed by atoms with Gasteiger partial charge in [-0.15, -0.1) is 0 Å². The van der Waals surface area contributed by atoms with Crippen LogP contribution in [0.1, 0.15) is 64.9 Å². The van der Waals surface area contributed by atoms with Gasteiger partial charge in [-0.1, -0.05) is 42.5 Å². The van der Waals surface area contributed by atoms with Crippen LogP contribution < -0.4 is 10.1 Å². The van der Waals surface area contributed by atoms with Gasteiger partial charge in [0.2, 0.25) is 0 Å². The van der Waals surface area contributed by atoms with Crippen LogP contribution in [0.25, 0.3) is 0 Å². The van der Waals surface area contributed by atoms with Crippen molar-refractivity contribution < 1.29 is 14.3 Å². The van der Waals surface area contributed by atoms with Gasteiger partial charge in [0.1, 0.15) is 17.5 Å². The van der Waals surface area contributed by atoms with Crippen LogP contribution in [0, 0.1) is 5.92 Å². The second-order valence-electron chi connectivity index (χ2n) is 9.81. The Hall–Kier alpha value is -2.20. The SMILES string of the molecule is C=C1CCCC(Oc2ccccc2CC(=O)OC(C)(C)C)C/C=C(/Cl)C=C1NCC1CC1. The number of halogens is 1. The molecule has 2 aliphatic carbocycles. The summed E-state index contributed by atoms with van der Waals surface area (Å²) in [6.45, 7) is 10.9. The molecule has 32 heavy (non-hydrogen) atoms. The number of allylic oxidation sites excluding steroid dienone is 3. The van der Waals surface area contributed by atoms with Crippen molar-refractivity contribution in [2.24, 2.45) is 5.92 Å². The van der Waals surface area contributed by atoms with E-state index in [1.807, 2.05) is 57.2 Å². The number of esters is 1. The fraction of sp³-hybridized carbons (Fsp3) is 0.519. The van der Waals surface area contributed by atoms with Crippen molar-refractivity contribution in [2.45, 2.75) is 77.4 Å². The van der Waals surface area contributed by atoms with Gasteiger partial charge < -0.3 is 14.8 Å². The third kappa shape index (κ3) is 8.38. The lowest BCUT2D eigenvalue weighted by Crippen LogP contribution is -2.25. The van der Waals surface area contributed by atoms with Crippen LogP contribution in [0.5, 0.6) is 5.75 Å². The van der Waals surface area contributed by atoms with Crippen LogP contribution in [-0.2, 0) is 16.0 Å². The van der Waals surface area contributed by atoms with Gasteiger partial charge in [0, 0.05) is 29.3 Å². The van der Waals surface area contributed by atoms with E-state index in [0.717, 1.165) is 54.3 Å². The summed E-state index contributed by atoms with van der Waals surface area (Å²) >= 11 is 6.53. The smallest absolute Gasteiger partial charge is 0.310 e. The number of hydrogen-bond donors (Lipinski definition) is 1. The normalized spacial score (nSPS) is 21.8. The molecule has 0 saturated heterocycles. The molecule has 0 aliphatic heterocycles. The fourth-order valence-electron chi connectivity index (χ4n) is 3.68. The van der Waals surface area contributed by atoms with Gasteiger partial charge in [-0.05, 0) is 76.5 Å². The van der Waals surface area contributed by atoms with E-state index >= 15 is 0 Å². The molecule has 4 nitrogen and oxygen atoms in total. The fourth-order valence-corrected chi connectivity index (χ4v) is 3.87.